The lowest BCUT2D eigenvalue weighted by Gasteiger charge is -2.07. The molecule has 0 saturated heterocycles. The maximum Gasteiger partial charge on any atom is 0.234 e. The van der Waals surface area contributed by atoms with Crippen LogP contribution in [0.4, 0.5) is 11.5 Å². The van der Waals surface area contributed by atoms with Gasteiger partial charge in [0.1, 0.15) is 23.3 Å². The van der Waals surface area contributed by atoms with E-state index in [-0.39, 0.29) is 11.7 Å². The highest BCUT2D eigenvalue weighted by molar-refractivity contribution is 7.99. The number of nitrogens with one attached hydrogen (secondary N) is 2. The molecule has 2 aromatic heterocycles. The molecule has 0 unspecified atom stereocenters. The fourth-order valence-electron chi connectivity index (χ4n) is 2.46. The molecule has 0 fully saturated rings. The third kappa shape index (κ3) is 4.21. The first-order valence-corrected chi connectivity index (χ1v) is 9.38. The summed E-state index contributed by atoms with van der Waals surface area (Å²) in [6, 6.07) is 16.7. The number of fused-ring (bicyclic) bond motifs is 1. The smallest absolute Gasteiger partial charge is 0.234 e. The zero-order valence-electron chi connectivity index (χ0n) is 14.6. The Morgan fingerprint density at radius 2 is 1.82 bits per heavy atom. The van der Waals surface area contributed by atoms with Crippen molar-refractivity contribution >= 4 is 40.3 Å². The number of hydrogen-bond donors (Lipinski definition) is 3. The molecule has 0 atom stereocenters. The van der Waals surface area contributed by atoms with Crippen LogP contribution in [-0.2, 0) is 4.79 Å². The molecule has 0 saturated carbocycles. The summed E-state index contributed by atoms with van der Waals surface area (Å²) in [5.41, 5.74) is 7.50. The fraction of sp³-hybridized carbons (Fsp3) is 0.0526. The maximum absolute atomic E-state index is 12.2. The van der Waals surface area contributed by atoms with E-state index in [9.17, 15) is 4.79 Å². The van der Waals surface area contributed by atoms with Crippen molar-refractivity contribution in [2.24, 2.45) is 0 Å². The first-order valence-electron chi connectivity index (χ1n) is 8.39. The third-order valence-electron chi connectivity index (χ3n) is 3.75. The van der Waals surface area contributed by atoms with Gasteiger partial charge < -0.3 is 20.8 Å². The molecule has 9 heteroatoms. The molecule has 4 N–H and O–H groups in total. The van der Waals surface area contributed by atoms with Gasteiger partial charge >= 0.3 is 0 Å². The molecule has 1 amide bonds. The zero-order valence-corrected chi connectivity index (χ0v) is 15.4. The van der Waals surface area contributed by atoms with Gasteiger partial charge in [0.25, 0.3) is 0 Å². The lowest BCUT2D eigenvalue weighted by Crippen LogP contribution is -2.14. The van der Waals surface area contributed by atoms with Crippen LogP contribution in [0.15, 0.2) is 66.1 Å². The average molecular weight is 392 g/mol. The van der Waals surface area contributed by atoms with E-state index in [0.29, 0.717) is 33.6 Å². The predicted molar refractivity (Wildman–Crippen MR) is 108 cm³/mol. The van der Waals surface area contributed by atoms with Crippen LogP contribution in [0.2, 0.25) is 0 Å². The van der Waals surface area contributed by atoms with Gasteiger partial charge in [0.05, 0.1) is 5.75 Å². The van der Waals surface area contributed by atoms with E-state index in [1.54, 1.807) is 24.3 Å². The number of hydrogen-bond acceptors (Lipinski definition) is 7. The Morgan fingerprint density at radius 1 is 1.07 bits per heavy atom. The van der Waals surface area contributed by atoms with Gasteiger partial charge in [-0.2, -0.15) is 0 Å². The summed E-state index contributed by atoms with van der Waals surface area (Å²) in [5.74, 6) is 1.81. The molecule has 4 aromatic rings. The van der Waals surface area contributed by atoms with Gasteiger partial charge in [0.15, 0.2) is 16.6 Å². The van der Waals surface area contributed by atoms with Crippen molar-refractivity contribution in [1.82, 2.24) is 19.9 Å². The lowest BCUT2D eigenvalue weighted by atomic mass is 10.3. The number of carbonyl (C=O) groups excluding carboxylic acids is 1. The van der Waals surface area contributed by atoms with E-state index in [2.05, 4.69) is 25.3 Å². The average Bonchev–Trinajstić information content (AvgIpc) is 3.13. The number of thioether (sulfide) groups is 1. The molecule has 0 aliphatic carbocycles. The minimum absolute atomic E-state index is 0.152. The topological polar surface area (TPSA) is 119 Å². The second kappa shape index (κ2) is 7.97. The summed E-state index contributed by atoms with van der Waals surface area (Å²) >= 11 is 1.26. The highest BCUT2D eigenvalue weighted by atomic mass is 32.2. The number of H-pyrrole nitrogens is 1. The SMILES string of the molecule is Nc1ncnc2nc(SCC(=O)Nc3ccc(Oc4ccccc4)cc3)[nH]c12. The van der Waals surface area contributed by atoms with Crippen molar-refractivity contribution in [2.75, 3.05) is 16.8 Å². The fourth-order valence-corrected chi connectivity index (χ4v) is 3.12. The van der Waals surface area contributed by atoms with Gasteiger partial charge in [0, 0.05) is 5.69 Å². The number of aromatic amines is 1. The molecule has 0 radical (unpaired) electrons. The van der Waals surface area contributed by atoms with Crippen LogP contribution in [0.1, 0.15) is 0 Å². The van der Waals surface area contributed by atoms with E-state index in [4.69, 9.17) is 10.5 Å². The monoisotopic (exact) mass is 392 g/mol. The van der Waals surface area contributed by atoms with Gasteiger partial charge in [-0.1, -0.05) is 30.0 Å². The minimum atomic E-state index is -0.152. The van der Waals surface area contributed by atoms with Gasteiger partial charge in [0.2, 0.25) is 5.91 Å². The lowest BCUT2D eigenvalue weighted by molar-refractivity contribution is -0.113. The number of imidazole rings is 1. The maximum atomic E-state index is 12.2. The Labute approximate surface area is 164 Å². The number of nitrogens with two attached hydrogens (primary N) is 1. The first kappa shape index (κ1) is 17.8. The van der Waals surface area contributed by atoms with Crippen LogP contribution in [0.5, 0.6) is 11.5 Å². The van der Waals surface area contributed by atoms with Crippen LogP contribution in [-0.4, -0.2) is 31.6 Å². The normalized spacial score (nSPS) is 10.7. The van der Waals surface area contributed by atoms with E-state index in [1.807, 2.05) is 30.3 Å². The molecule has 4 rings (SSSR count). The number of nitrogens with zero attached hydrogens (tertiary/aromatic N) is 3. The van der Waals surface area contributed by atoms with Gasteiger partial charge in [-0.05, 0) is 36.4 Å². The molecule has 2 aromatic carbocycles. The second-order valence-electron chi connectivity index (χ2n) is 5.78. The first-order chi connectivity index (χ1) is 13.7. The van der Waals surface area contributed by atoms with Crippen molar-refractivity contribution < 1.29 is 9.53 Å². The third-order valence-corrected chi connectivity index (χ3v) is 4.63. The molecule has 0 spiro atoms. The number of amides is 1. The zero-order chi connectivity index (χ0) is 19.3. The van der Waals surface area contributed by atoms with Crippen LogP contribution >= 0.6 is 11.8 Å². The summed E-state index contributed by atoms with van der Waals surface area (Å²) < 4.78 is 5.73. The van der Waals surface area contributed by atoms with Gasteiger partial charge in [-0.3, -0.25) is 4.79 Å². The summed E-state index contributed by atoms with van der Waals surface area (Å²) in [6.45, 7) is 0. The number of ether oxygens (including phenoxy) is 1. The van der Waals surface area contributed by atoms with Crippen LogP contribution in [0.25, 0.3) is 11.2 Å². The summed E-state index contributed by atoms with van der Waals surface area (Å²) in [6.07, 6.45) is 1.35. The number of para-hydroxylation sites is 1. The molecule has 28 heavy (non-hydrogen) atoms. The predicted octanol–water partition coefficient (Wildman–Crippen LogP) is 3.46. The van der Waals surface area contributed by atoms with Crippen LogP contribution in [0.3, 0.4) is 0 Å². The number of benzene rings is 2. The number of nitrogen functional groups attached to an aromatic ring is 1. The Kier molecular flexibility index (Phi) is 5.07. The van der Waals surface area contributed by atoms with Crippen LogP contribution in [0, 0.1) is 0 Å². The Morgan fingerprint density at radius 3 is 2.57 bits per heavy atom. The minimum Gasteiger partial charge on any atom is -0.457 e. The van der Waals surface area contributed by atoms with E-state index >= 15 is 0 Å². The van der Waals surface area contributed by atoms with Gasteiger partial charge in [-0.15, -0.1) is 0 Å². The summed E-state index contributed by atoms with van der Waals surface area (Å²) in [5, 5.41) is 3.40. The van der Waals surface area contributed by atoms with Gasteiger partial charge in [-0.25, -0.2) is 15.0 Å². The number of anilines is 2. The number of rotatable bonds is 6. The number of aromatic nitrogens is 4. The molecular weight excluding hydrogens is 376 g/mol. The molecule has 0 aliphatic rings. The van der Waals surface area contributed by atoms with Crippen molar-refractivity contribution in [1.29, 1.82) is 0 Å². The van der Waals surface area contributed by atoms with E-state index in [1.165, 1.54) is 18.1 Å². The van der Waals surface area contributed by atoms with E-state index < -0.39 is 0 Å². The molecule has 2 heterocycles. The van der Waals surface area contributed by atoms with Crippen molar-refractivity contribution in [3.05, 3.63) is 60.9 Å². The Bertz CT molecular complexity index is 1100. The van der Waals surface area contributed by atoms with Crippen molar-refractivity contribution in [2.45, 2.75) is 5.16 Å². The molecule has 0 bridgehead atoms. The molecule has 140 valence electrons. The summed E-state index contributed by atoms with van der Waals surface area (Å²) in [4.78, 5) is 27.4. The highest BCUT2D eigenvalue weighted by Crippen LogP contribution is 2.23. The quantitative estimate of drug-likeness (QED) is 0.430. The largest absolute Gasteiger partial charge is 0.457 e. The Hall–Kier alpha value is -3.59. The number of carbonyl (C=O) groups is 1. The standard InChI is InChI=1S/C19H16N6O2S/c20-17-16-18(22-11-21-17)25-19(24-16)28-10-15(26)23-12-6-8-14(9-7-12)27-13-4-2-1-3-5-13/h1-9,11H,10H2,(H,23,26)(H3,20,21,22,24,25). The van der Waals surface area contributed by atoms with Crippen molar-refractivity contribution in [3.8, 4) is 11.5 Å². The second-order valence-corrected chi connectivity index (χ2v) is 6.74. The summed E-state index contributed by atoms with van der Waals surface area (Å²) in [7, 11) is 0. The molecule has 8 nitrogen and oxygen atoms in total. The van der Waals surface area contributed by atoms with E-state index in [0.717, 1.165) is 5.75 Å². The Balaban J connectivity index is 1.32. The van der Waals surface area contributed by atoms with Crippen molar-refractivity contribution in [3.63, 3.8) is 0 Å². The highest BCUT2D eigenvalue weighted by Gasteiger charge is 2.10. The molecular formula is C19H16N6O2S. The van der Waals surface area contributed by atoms with Crippen LogP contribution < -0.4 is 15.8 Å². The molecule has 0 aliphatic heterocycles.